The highest BCUT2D eigenvalue weighted by atomic mass is 16.6. The lowest BCUT2D eigenvalue weighted by Crippen LogP contribution is -2.23. The molecular formula is C16H24N4O5. The molecule has 0 bridgehead atoms. The van der Waals surface area contributed by atoms with Gasteiger partial charge in [-0.15, -0.1) is 0 Å². The monoisotopic (exact) mass is 352 g/mol. The van der Waals surface area contributed by atoms with Gasteiger partial charge in [0.2, 0.25) is 0 Å². The third kappa shape index (κ3) is 6.28. The van der Waals surface area contributed by atoms with Crippen LogP contribution in [-0.2, 0) is 4.74 Å². The zero-order valence-corrected chi connectivity index (χ0v) is 14.7. The molecule has 1 atom stereocenters. The molecule has 0 aliphatic heterocycles. The second-order valence-electron chi connectivity index (χ2n) is 5.83. The van der Waals surface area contributed by atoms with E-state index in [2.05, 4.69) is 5.32 Å². The summed E-state index contributed by atoms with van der Waals surface area (Å²) in [5, 5.41) is 14.2. The van der Waals surface area contributed by atoms with Crippen LogP contribution in [0.2, 0.25) is 0 Å². The number of nitro groups is 1. The number of anilines is 1. The SMILES string of the molecule is C[C@@H](CCCCNc1c(C(=O)N(C)C)cccc1[N+](=O)[O-])OC(N)=O. The van der Waals surface area contributed by atoms with Crippen LogP contribution in [-0.4, -0.2) is 48.6 Å². The van der Waals surface area contributed by atoms with Crippen molar-refractivity contribution >= 4 is 23.4 Å². The first-order valence-corrected chi connectivity index (χ1v) is 7.93. The number of rotatable bonds is 9. The summed E-state index contributed by atoms with van der Waals surface area (Å²) in [5.41, 5.74) is 5.27. The van der Waals surface area contributed by atoms with Crippen LogP contribution in [0.25, 0.3) is 0 Å². The van der Waals surface area contributed by atoms with Gasteiger partial charge in [-0.25, -0.2) is 4.79 Å². The van der Waals surface area contributed by atoms with Crippen molar-refractivity contribution in [3.8, 4) is 0 Å². The lowest BCUT2D eigenvalue weighted by atomic mass is 10.1. The van der Waals surface area contributed by atoms with Crippen LogP contribution in [0.1, 0.15) is 36.5 Å². The predicted molar refractivity (Wildman–Crippen MR) is 93.6 cm³/mol. The number of nitrogens with one attached hydrogen (secondary N) is 1. The van der Waals surface area contributed by atoms with Gasteiger partial charge in [0.15, 0.2) is 0 Å². The summed E-state index contributed by atoms with van der Waals surface area (Å²) in [7, 11) is 3.18. The van der Waals surface area contributed by atoms with E-state index >= 15 is 0 Å². The predicted octanol–water partition coefficient (Wildman–Crippen LogP) is 2.36. The maximum Gasteiger partial charge on any atom is 0.404 e. The minimum absolute atomic E-state index is 0.141. The molecule has 0 saturated heterocycles. The number of benzene rings is 1. The molecule has 1 rings (SSSR count). The lowest BCUT2D eigenvalue weighted by Gasteiger charge is -2.16. The van der Waals surface area contributed by atoms with E-state index in [1.165, 1.54) is 17.0 Å². The molecule has 0 fully saturated rings. The number of nitrogens with zero attached hydrogens (tertiary/aromatic N) is 2. The summed E-state index contributed by atoms with van der Waals surface area (Å²) in [6, 6.07) is 4.40. The number of hydrogen-bond donors (Lipinski definition) is 2. The average Bonchev–Trinajstić information content (AvgIpc) is 2.52. The molecule has 0 heterocycles. The maximum absolute atomic E-state index is 12.2. The fourth-order valence-electron chi connectivity index (χ4n) is 2.32. The molecule has 3 N–H and O–H groups in total. The highest BCUT2D eigenvalue weighted by Crippen LogP contribution is 2.29. The number of carbonyl (C=O) groups excluding carboxylic acids is 2. The molecule has 0 aliphatic rings. The van der Waals surface area contributed by atoms with Crippen molar-refractivity contribution < 1.29 is 19.2 Å². The number of hydrogen-bond acceptors (Lipinski definition) is 6. The van der Waals surface area contributed by atoms with Crippen molar-refractivity contribution in [2.24, 2.45) is 5.73 Å². The molecule has 9 nitrogen and oxygen atoms in total. The largest absolute Gasteiger partial charge is 0.447 e. The molecule has 9 heteroatoms. The first-order valence-electron chi connectivity index (χ1n) is 7.93. The van der Waals surface area contributed by atoms with Gasteiger partial charge >= 0.3 is 6.09 Å². The molecule has 1 aromatic carbocycles. The summed E-state index contributed by atoms with van der Waals surface area (Å²) in [6.07, 6.45) is 0.963. The van der Waals surface area contributed by atoms with Crippen LogP contribution in [0.3, 0.4) is 0 Å². The number of carbonyl (C=O) groups is 2. The van der Waals surface area contributed by atoms with E-state index < -0.39 is 11.0 Å². The Hall–Kier alpha value is -2.84. The molecule has 2 amide bonds. The van der Waals surface area contributed by atoms with Crippen LogP contribution < -0.4 is 11.1 Å². The van der Waals surface area contributed by atoms with Crippen LogP contribution in [0.4, 0.5) is 16.2 Å². The molecule has 25 heavy (non-hydrogen) atoms. The first-order chi connectivity index (χ1) is 11.7. The Morgan fingerprint density at radius 2 is 2.04 bits per heavy atom. The Balaban J connectivity index is 2.72. The molecule has 0 aromatic heterocycles. The van der Waals surface area contributed by atoms with Crippen LogP contribution in [0.5, 0.6) is 0 Å². The number of unbranched alkanes of at least 4 members (excludes halogenated alkanes) is 1. The van der Waals surface area contributed by atoms with Crippen LogP contribution >= 0.6 is 0 Å². The third-order valence-electron chi connectivity index (χ3n) is 3.53. The van der Waals surface area contributed by atoms with E-state index in [1.807, 2.05) is 0 Å². The van der Waals surface area contributed by atoms with E-state index in [0.29, 0.717) is 19.4 Å². The summed E-state index contributed by atoms with van der Waals surface area (Å²) < 4.78 is 4.82. The zero-order chi connectivity index (χ0) is 19.0. The van der Waals surface area contributed by atoms with E-state index in [-0.39, 0.29) is 28.9 Å². The van der Waals surface area contributed by atoms with Crippen molar-refractivity contribution in [3.05, 3.63) is 33.9 Å². The van der Waals surface area contributed by atoms with Crippen molar-refractivity contribution in [2.75, 3.05) is 26.0 Å². The molecule has 0 saturated carbocycles. The molecule has 0 spiro atoms. The van der Waals surface area contributed by atoms with Gasteiger partial charge in [-0.05, 0) is 32.3 Å². The Morgan fingerprint density at radius 1 is 1.36 bits per heavy atom. The molecule has 138 valence electrons. The second kappa shape index (κ2) is 9.45. The fraction of sp³-hybridized carbons (Fsp3) is 0.500. The lowest BCUT2D eigenvalue weighted by molar-refractivity contribution is -0.384. The van der Waals surface area contributed by atoms with Gasteiger partial charge in [0.05, 0.1) is 10.5 Å². The highest BCUT2D eigenvalue weighted by Gasteiger charge is 2.22. The van der Waals surface area contributed by atoms with Crippen LogP contribution in [0.15, 0.2) is 18.2 Å². The maximum atomic E-state index is 12.2. The van der Waals surface area contributed by atoms with Gasteiger partial charge in [0, 0.05) is 26.7 Å². The zero-order valence-electron chi connectivity index (χ0n) is 14.7. The van der Waals surface area contributed by atoms with Crippen molar-refractivity contribution in [2.45, 2.75) is 32.3 Å². The number of ether oxygens (including phenoxy) is 1. The van der Waals surface area contributed by atoms with Gasteiger partial charge in [-0.3, -0.25) is 14.9 Å². The van der Waals surface area contributed by atoms with E-state index in [1.54, 1.807) is 27.1 Å². The molecule has 0 unspecified atom stereocenters. The molecule has 1 aromatic rings. The number of para-hydroxylation sites is 1. The minimum Gasteiger partial charge on any atom is -0.447 e. The highest BCUT2D eigenvalue weighted by molar-refractivity contribution is 6.01. The summed E-state index contributed by atoms with van der Waals surface area (Å²) in [5.74, 6) is -0.310. The van der Waals surface area contributed by atoms with Crippen molar-refractivity contribution in [1.29, 1.82) is 0 Å². The molecular weight excluding hydrogens is 328 g/mol. The Morgan fingerprint density at radius 3 is 2.60 bits per heavy atom. The average molecular weight is 352 g/mol. The Labute approximate surface area is 146 Å². The minimum atomic E-state index is -0.808. The standard InChI is InChI=1S/C16H24N4O5/c1-11(25-16(17)22)7-4-5-10-18-14-12(15(21)19(2)3)8-6-9-13(14)20(23)24/h6,8-9,11,18H,4-5,7,10H2,1-3H3,(H2,17,22)/t11-/m0/s1. The van der Waals surface area contributed by atoms with E-state index in [4.69, 9.17) is 10.5 Å². The summed E-state index contributed by atoms with van der Waals surface area (Å²) in [6.45, 7) is 2.19. The van der Waals surface area contributed by atoms with E-state index in [0.717, 1.165) is 6.42 Å². The Kier molecular flexibility index (Phi) is 7.64. The van der Waals surface area contributed by atoms with Crippen molar-refractivity contribution in [1.82, 2.24) is 4.90 Å². The van der Waals surface area contributed by atoms with Gasteiger partial charge in [0.1, 0.15) is 11.8 Å². The quantitative estimate of drug-likeness (QED) is 0.399. The number of nitro benzene ring substituents is 1. The van der Waals surface area contributed by atoms with Gasteiger partial charge in [0.25, 0.3) is 11.6 Å². The molecule has 0 aliphatic carbocycles. The van der Waals surface area contributed by atoms with Gasteiger partial charge in [-0.2, -0.15) is 0 Å². The van der Waals surface area contributed by atoms with Gasteiger partial charge < -0.3 is 20.7 Å². The second-order valence-corrected chi connectivity index (χ2v) is 5.83. The number of amides is 2. The van der Waals surface area contributed by atoms with Crippen LogP contribution in [0, 0.1) is 10.1 Å². The van der Waals surface area contributed by atoms with Crippen molar-refractivity contribution in [3.63, 3.8) is 0 Å². The first kappa shape index (κ1) is 20.2. The topological polar surface area (TPSA) is 128 Å². The summed E-state index contributed by atoms with van der Waals surface area (Å²) >= 11 is 0. The normalized spacial score (nSPS) is 11.5. The number of nitrogens with two attached hydrogens (primary N) is 1. The number of primary amides is 1. The van der Waals surface area contributed by atoms with E-state index in [9.17, 15) is 19.7 Å². The van der Waals surface area contributed by atoms with Gasteiger partial charge in [-0.1, -0.05) is 6.07 Å². The summed E-state index contributed by atoms with van der Waals surface area (Å²) in [4.78, 5) is 34.9. The molecule has 0 radical (unpaired) electrons. The smallest absolute Gasteiger partial charge is 0.404 e. The third-order valence-corrected chi connectivity index (χ3v) is 3.53. The Bertz CT molecular complexity index is 633. The fourth-order valence-corrected chi connectivity index (χ4v) is 2.32.